The Morgan fingerprint density at radius 3 is 2.79 bits per heavy atom. The SMILES string of the molecule is COc1ccc(COC(=O)c2ccnc(Cl)c2)cn1. The molecule has 0 unspecified atom stereocenters. The molecular formula is C13H11ClN2O3. The molecule has 98 valence electrons. The summed E-state index contributed by atoms with van der Waals surface area (Å²) in [5, 5.41) is 0.251. The molecule has 19 heavy (non-hydrogen) atoms. The number of carbonyl (C=O) groups excluding carboxylic acids is 1. The number of methoxy groups -OCH3 is 1. The largest absolute Gasteiger partial charge is 0.481 e. The third-order valence-electron chi connectivity index (χ3n) is 2.34. The van der Waals surface area contributed by atoms with Gasteiger partial charge in [-0.05, 0) is 18.2 Å². The van der Waals surface area contributed by atoms with Gasteiger partial charge in [-0.25, -0.2) is 14.8 Å². The lowest BCUT2D eigenvalue weighted by atomic mass is 10.2. The van der Waals surface area contributed by atoms with E-state index in [-0.39, 0.29) is 11.8 Å². The summed E-state index contributed by atoms with van der Waals surface area (Å²) in [5.74, 6) is 0.0520. The summed E-state index contributed by atoms with van der Waals surface area (Å²) in [7, 11) is 1.54. The highest BCUT2D eigenvalue weighted by Crippen LogP contribution is 2.11. The quantitative estimate of drug-likeness (QED) is 0.635. The van der Waals surface area contributed by atoms with Crippen LogP contribution in [0.5, 0.6) is 5.88 Å². The van der Waals surface area contributed by atoms with Crippen LogP contribution in [0.3, 0.4) is 0 Å². The molecule has 0 N–H and O–H groups in total. The zero-order chi connectivity index (χ0) is 13.7. The molecule has 0 atom stereocenters. The molecule has 0 spiro atoms. The maximum Gasteiger partial charge on any atom is 0.338 e. The highest BCUT2D eigenvalue weighted by molar-refractivity contribution is 6.29. The van der Waals surface area contributed by atoms with Gasteiger partial charge < -0.3 is 9.47 Å². The predicted octanol–water partition coefficient (Wildman–Crippen LogP) is 2.50. The first-order chi connectivity index (χ1) is 9.19. The number of hydrogen-bond acceptors (Lipinski definition) is 5. The number of esters is 1. The van der Waals surface area contributed by atoms with Crippen molar-refractivity contribution in [1.82, 2.24) is 9.97 Å². The maximum absolute atomic E-state index is 11.7. The number of pyridine rings is 2. The molecule has 2 aromatic heterocycles. The molecule has 6 heteroatoms. The lowest BCUT2D eigenvalue weighted by Crippen LogP contribution is -2.05. The first-order valence-electron chi connectivity index (χ1n) is 5.46. The van der Waals surface area contributed by atoms with Crippen LogP contribution in [0.1, 0.15) is 15.9 Å². The van der Waals surface area contributed by atoms with Crippen LogP contribution in [0.15, 0.2) is 36.7 Å². The minimum atomic E-state index is -0.458. The van der Waals surface area contributed by atoms with Gasteiger partial charge in [0.2, 0.25) is 5.88 Å². The molecule has 2 heterocycles. The van der Waals surface area contributed by atoms with E-state index in [1.807, 2.05) is 0 Å². The van der Waals surface area contributed by atoms with Crippen LogP contribution in [0.4, 0.5) is 0 Å². The van der Waals surface area contributed by atoms with Crippen molar-refractivity contribution in [3.05, 3.63) is 52.9 Å². The number of halogens is 1. The van der Waals surface area contributed by atoms with Crippen LogP contribution in [-0.4, -0.2) is 23.0 Å². The molecule has 0 fully saturated rings. The Morgan fingerprint density at radius 2 is 2.16 bits per heavy atom. The van der Waals surface area contributed by atoms with Gasteiger partial charge in [0.15, 0.2) is 0 Å². The summed E-state index contributed by atoms with van der Waals surface area (Å²) in [6.07, 6.45) is 3.04. The van der Waals surface area contributed by atoms with Crippen molar-refractivity contribution in [1.29, 1.82) is 0 Å². The van der Waals surface area contributed by atoms with Crippen LogP contribution in [0, 0.1) is 0 Å². The molecule has 0 saturated heterocycles. The summed E-state index contributed by atoms with van der Waals surface area (Å²) < 4.78 is 10.1. The van der Waals surface area contributed by atoms with Gasteiger partial charge in [-0.1, -0.05) is 11.6 Å². The van der Waals surface area contributed by atoms with Gasteiger partial charge in [-0.15, -0.1) is 0 Å². The smallest absolute Gasteiger partial charge is 0.338 e. The molecular weight excluding hydrogens is 268 g/mol. The second-order valence-electron chi connectivity index (χ2n) is 3.65. The summed E-state index contributed by atoms with van der Waals surface area (Å²) in [5.41, 5.74) is 1.13. The van der Waals surface area contributed by atoms with Crippen molar-refractivity contribution in [2.75, 3.05) is 7.11 Å². The van der Waals surface area contributed by atoms with Crippen molar-refractivity contribution < 1.29 is 14.3 Å². The van der Waals surface area contributed by atoms with Crippen molar-refractivity contribution in [2.45, 2.75) is 6.61 Å². The molecule has 0 aliphatic rings. The molecule has 0 saturated carbocycles. The Kier molecular flexibility index (Phi) is 4.30. The molecule has 5 nitrogen and oxygen atoms in total. The van der Waals surface area contributed by atoms with E-state index in [9.17, 15) is 4.79 Å². The van der Waals surface area contributed by atoms with Crippen LogP contribution in [0.25, 0.3) is 0 Å². The molecule has 2 rings (SSSR count). The summed E-state index contributed by atoms with van der Waals surface area (Å²) in [4.78, 5) is 19.6. The molecule has 0 aromatic carbocycles. The summed E-state index contributed by atoms with van der Waals surface area (Å²) >= 11 is 5.70. The Morgan fingerprint density at radius 1 is 1.32 bits per heavy atom. The van der Waals surface area contributed by atoms with Gasteiger partial charge in [0, 0.05) is 24.0 Å². The normalized spacial score (nSPS) is 10.0. The van der Waals surface area contributed by atoms with Crippen molar-refractivity contribution in [3.8, 4) is 5.88 Å². The van der Waals surface area contributed by atoms with E-state index < -0.39 is 5.97 Å². The minimum Gasteiger partial charge on any atom is -0.481 e. The van der Waals surface area contributed by atoms with E-state index in [1.54, 1.807) is 24.4 Å². The van der Waals surface area contributed by atoms with E-state index in [1.165, 1.54) is 19.4 Å². The number of hydrogen-bond donors (Lipinski definition) is 0. The Labute approximate surface area is 115 Å². The topological polar surface area (TPSA) is 61.3 Å². The van der Waals surface area contributed by atoms with E-state index in [2.05, 4.69) is 9.97 Å². The van der Waals surface area contributed by atoms with Crippen LogP contribution in [0.2, 0.25) is 5.15 Å². The zero-order valence-electron chi connectivity index (χ0n) is 10.2. The predicted molar refractivity (Wildman–Crippen MR) is 69.2 cm³/mol. The maximum atomic E-state index is 11.7. The molecule has 0 bridgehead atoms. The first kappa shape index (κ1) is 13.3. The molecule has 0 radical (unpaired) electrons. The summed E-state index contributed by atoms with van der Waals surface area (Å²) in [6, 6.07) is 6.47. The van der Waals surface area contributed by atoms with Crippen LogP contribution < -0.4 is 4.74 Å². The summed E-state index contributed by atoms with van der Waals surface area (Å²) in [6.45, 7) is 0.135. The van der Waals surface area contributed by atoms with E-state index in [0.717, 1.165) is 5.56 Å². The van der Waals surface area contributed by atoms with Gasteiger partial charge in [0.25, 0.3) is 0 Å². The fraction of sp³-hybridized carbons (Fsp3) is 0.154. The molecule has 0 aliphatic heterocycles. The van der Waals surface area contributed by atoms with E-state index in [0.29, 0.717) is 11.4 Å². The number of aromatic nitrogens is 2. The highest BCUT2D eigenvalue weighted by atomic mass is 35.5. The number of ether oxygens (including phenoxy) is 2. The Balaban J connectivity index is 1.96. The number of carbonyl (C=O) groups is 1. The van der Waals surface area contributed by atoms with Gasteiger partial charge in [-0.2, -0.15) is 0 Å². The lowest BCUT2D eigenvalue weighted by Gasteiger charge is -2.05. The lowest BCUT2D eigenvalue weighted by molar-refractivity contribution is 0.0472. The van der Waals surface area contributed by atoms with Crippen molar-refractivity contribution in [2.24, 2.45) is 0 Å². The van der Waals surface area contributed by atoms with E-state index in [4.69, 9.17) is 21.1 Å². The third kappa shape index (κ3) is 3.66. The van der Waals surface area contributed by atoms with Gasteiger partial charge in [0.1, 0.15) is 11.8 Å². The van der Waals surface area contributed by atoms with Crippen LogP contribution >= 0.6 is 11.6 Å². The van der Waals surface area contributed by atoms with E-state index >= 15 is 0 Å². The fourth-order valence-electron chi connectivity index (χ4n) is 1.38. The minimum absolute atomic E-state index is 0.135. The molecule has 0 aliphatic carbocycles. The third-order valence-corrected chi connectivity index (χ3v) is 2.55. The average Bonchev–Trinajstić information content (AvgIpc) is 2.45. The van der Waals surface area contributed by atoms with Gasteiger partial charge in [0.05, 0.1) is 12.7 Å². The van der Waals surface area contributed by atoms with Crippen molar-refractivity contribution in [3.63, 3.8) is 0 Å². The second kappa shape index (κ2) is 6.15. The van der Waals surface area contributed by atoms with Gasteiger partial charge in [-0.3, -0.25) is 0 Å². The second-order valence-corrected chi connectivity index (χ2v) is 4.04. The monoisotopic (exact) mass is 278 g/mol. The molecule has 0 amide bonds. The number of rotatable bonds is 4. The standard InChI is InChI=1S/C13H11ClN2O3/c1-18-12-3-2-9(7-16-12)8-19-13(17)10-4-5-15-11(14)6-10/h2-7H,8H2,1H3. The Bertz CT molecular complexity index is 572. The van der Waals surface area contributed by atoms with Gasteiger partial charge >= 0.3 is 5.97 Å². The molecule has 2 aromatic rings. The first-order valence-corrected chi connectivity index (χ1v) is 5.84. The average molecular weight is 279 g/mol. The zero-order valence-corrected chi connectivity index (χ0v) is 10.9. The number of nitrogens with zero attached hydrogens (tertiary/aromatic N) is 2. The van der Waals surface area contributed by atoms with Crippen LogP contribution in [-0.2, 0) is 11.3 Å². The highest BCUT2D eigenvalue weighted by Gasteiger charge is 2.08. The Hall–Kier alpha value is -2.14. The fourth-order valence-corrected chi connectivity index (χ4v) is 1.55. The van der Waals surface area contributed by atoms with Crippen molar-refractivity contribution >= 4 is 17.6 Å².